The highest BCUT2D eigenvalue weighted by molar-refractivity contribution is 7.85. The Balaban J connectivity index is 2.22. The van der Waals surface area contributed by atoms with E-state index in [0.29, 0.717) is 30.2 Å². The van der Waals surface area contributed by atoms with Crippen LogP contribution in [-0.2, 0) is 10.8 Å². The van der Waals surface area contributed by atoms with Crippen LogP contribution in [0.25, 0.3) is 0 Å². The lowest BCUT2D eigenvalue weighted by atomic mass is 10.1. The lowest BCUT2D eigenvalue weighted by molar-refractivity contribution is 0.0766. The smallest absolute Gasteiger partial charge is 0.256 e. The summed E-state index contributed by atoms with van der Waals surface area (Å²) >= 11 is 0. The minimum absolute atomic E-state index is 0.00139. The number of nitrogens with zero attached hydrogens (tertiary/aromatic N) is 1. The Bertz CT molecular complexity index is 597. The van der Waals surface area contributed by atoms with Gasteiger partial charge in [0.05, 0.1) is 12.1 Å². The van der Waals surface area contributed by atoms with Gasteiger partial charge in [-0.25, -0.2) is 4.39 Å². The highest BCUT2D eigenvalue weighted by Gasteiger charge is 2.23. The summed E-state index contributed by atoms with van der Waals surface area (Å²) in [6.45, 7) is 0.992. The number of halogens is 1. The zero-order chi connectivity index (χ0) is 14.5. The number of rotatable bonds is 1. The highest BCUT2D eigenvalue weighted by atomic mass is 32.2. The molecular formula is C14H15FN2O2S. The Hall–Kier alpha value is -1.71. The second-order valence-corrected chi connectivity index (χ2v) is 6.04. The first-order valence-electron chi connectivity index (χ1n) is 6.24. The zero-order valence-corrected chi connectivity index (χ0v) is 11.7. The molecule has 106 valence electrons. The molecule has 0 spiro atoms. The van der Waals surface area contributed by atoms with Gasteiger partial charge in [0, 0.05) is 41.0 Å². The highest BCUT2D eigenvalue weighted by Crippen LogP contribution is 2.14. The number of hydrogen-bond donors (Lipinski definition) is 1. The van der Waals surface area contributed by atoms with Crippen LogP contribution >= 0.6 is 0 Å². The molecule has 0 atom stereocenters. The van der Waals surface area contributed by atoms with Gasteiger partial charge in [-0.1, -0.05) is 11.8 Å². The largest absolute Gasteiger partial charge is 0.337 e. The molecule has 1 heterocycles. The topological polar surface area (TPSA) is 63.4 Å². The fourth-order valence-corrected chi connectivity index (χ4v) is 2.98. The predicted octanol–water partition coefficient (Wildman–Crippen LogP) is 0.340. The maximum atomic E-state index is 13.8. The lowest BCUT2D eigenvalue weighted by Crippen LogP contribution is -2.42. The summed E-state index contributed by atoms with van der Waals surface area (Å²) < 4.78 is 25.1. The van der Waals surface area contributed by atoms with Crippen LogP contribution in [0.15, 0.2) is 18.2 Å². The lowest BCUT2D eigenvalue weighted by Gasteiger charge is -2.26. The van der Waals surface area contributed by atoms with E-state index in [9.17, 15) is 13.4 Å². The summed E-state index contributed by atoms with van der Waals surface area (Å²) in [5.74, 6) is 5.38. The number of benzene rings is 1. The first-order valence-corrected chi connectivity index (χ1v) is 7.73. The van der Waals surface area contributed by atoms with Gasteiger partial charge in [0.15, 0.2) is 0 Å². The molecule has 0 unspecified atom stereocenters. The molecule has 1 aromatic carbocycles. The molecule has 0 aromatic heterocycles. The van der Waals surface area contributed by atoms with E-state index < -0.39 is 16.6 Å². The molecule has 1 fully saturated rings. The van der Waals surface area contributed by atoms with Crippen molar-refractivity contribution in [3.8, 4) is 11.8 Å². The van der Waals surface area contributed by atoms with E-state index in [1.807, 2.05) is 0 Å². The summed E-state index contributed by atoms with van der Waals surface area (Å²) in [5.41, 5.74) is 5.84. The molecule has 6 heteroatoms. The van der Waals surface area contributed by atoms with Crippen LogP contribution < -0.4 is 5.73 Å². The van der Waals surface area contributed by atoms with Crippen molar-refractivity contribution in [2.45, 2.75) is 0 Å². The summed E-state index contributed by atoms with van der Waals surface area (Å²) in [6.07, 6.45) is 0. The Labute approximate surface area is 119 Å². The Morgan fingerprint density at radius 1 is 1.40 bits per heavy atom. The number of nitrogens with two attached hydrogens (primary N) is 1. The normalized spacial score (nSPS) is 15.6. The quantitative estimate of drug-likeness (QED) is 0.760. The van der Waals surface area contributed by atoms with Gasteiger partial charge < -0.3 is 10.6 Å². The molecule has 0 aliphatic carbocycles. The molecule has 1 aliphatic heterocycles. The SMILES string of the molecule is NCC#Cc1ccc(F)c(C(=O)N2CCS(=O)CC2)c1. The molecule has 0 bridgehead atoms. The molecule has 1 amide bonds. The predicted molar refractivity (Wildman–Crippen MR) is 76.1 cm³/mol. The van der Waals surface area contributed by atoms with Gasteiger partial charge in [-0.3, -0.25) is 9.00 Å². The molecule has 20 heavy (non-hydrogen) atoms. The Kier molecular flexibility index (Phi) is 4.88. The van der Waals surface area contributed by atoms with Gasteiger partial charge in [0.2, 0.25) is 0 Å². The van der Waals surface area contributed by atoms with E-state index in [1.54, 1.807) is 0 Å². The average molecular weight is 294 g/mol. The van der Waals surface area contributed by atoms with Crippen molar-refractivity contribution >= 4 is 16.7 Å². The average Bonchev–Trinajstić information content (AvgIpc) is 2.46. The van der Waals surface area contributed by atoms with E-state index >= 15 is 0 Å². The van der Waals surface area contributed by atoms with Crippen LogP contribution in [0.4, 0.5) is 4.39 Å². The van der Waals surface area contributed by atoms with Crippen molar-refractivity contribution in [1.29, 1.82) is 0 Å². The van der Waals surface area contributed by atoms with Gasteiger partial charge in [-0.15, -0.1) is 0 Å². The minimum Gasteiger partial charge on any atom is -0.337 e. The zero-order valence-electron chi connectivity index (χ0n) is 10.9. The molecule has 1 saturated heterocycles. The number of carbonyl (C=O) groups excluding carboxylic acids is 1. The van der Waals surface area contributed by atoms with Crippen molar-refractivity contribution in [3.05, 3.63) is 35.1 Å². The molecule has 1 aromatic rings. The maximum absolute atomic E-state index is 13.8. The van der Waals surface area contributed by atoms with Gasteiger partial charge in [-0.2, -0.15) is 0 Å². The van der Waals surface area contributed by atoms with E-state index in [-0.39, 0.29) is 18.0 Å². The van der Waals surface area contributed by atoms with E-state index in [0.717, 1.165) is 0 Å². The Morgan fingerprint density at radius 2 is 2.10 bits per heavy atom. The second kappa shape index (κ2) is 6.64. The monoisotopic (exact) mass is 294 g/mol. The molecule has 0 saturated carbocycles. The molecule has 0 radical (unpaired) electrons. The summed E-state index contributed by atoms with van der Waals surface area (Å²) in [7, 11) is -0.872. The van der Waals surface area contributed by atoms with Gasteiger partial charge in [-0.05, 0) is 18.2 Å². The third kappa shape index (κ3) is 3.44. The first kappa shape index (κ1) is 14.7. The molecule has 2 rings (SSSR count). The van der Waals surface area contributed by atoms with Crippen LogP contribution in [0.2, 0.25) is 0 Å². The van der Waals surface area contributed by atoms with Gasteiger partial charge in [0.1, 0.15) is 5.82 Å². The van der Waals surface area contributed by atoms with Crippen molar-refractivity contribution in [1.82, 2.24) is 4.90 Å². The standard InChI is InChI=1S/C14H15FN2O2S/c15-13-4-3-11(2-1-5-16)10-12(13)14(18)17-6-8-20(19)9-7-17/h3-4,10H,5-9,16H2. The van der Waals surface area contributed by atoms with Gasteiger partial charge in [0.25, 0.3) is 5.91 Å². The van der Waals surface area contributed by atoms with Crippen molar-refractivity contribution < 1.29 is 13.4 Å². The van der Waals surface area contributed by atoms with Crippen LogP contribution in [-0.4, -0.2) is 46.2 Å². The van der Waals surface area contributed by atoms with Crippen LogP contribution in [0.1, 0.15) is 15.9 Å². The molecule has 4 nitrogen and oxygen atoms in total. The van der Waals surface area contributed by atoms with Crippen LogP contribution in [0, 0.1) is 17.7 Å². The van der Waals surface area contributed by atoms with Crippen LogP contribution in [0.3, 0.4) is 0 Å². The van der Waals surface area contributed by atoms with Crippen molar-refractivity contribution in [2.24, 2.45) is 5.73 Å². The van der Waals surface area contributed by atoms with Crippen molar-refractivity contribution in [3.63, 3.8) is 0 Å². The fraction of sp³-hybridized carbons (Fsp3) is 0.357. The van der Waals surface area contributed by atoms with Crippen molar-refractivity contribution in [2.75, 3.05) is 31.1 Å². The summed E-state index contributed by atoms with van der Waals surface area (Å²) in [5, 5.41) is 0. The maximum Gasteiger partial charge on any atom is 0.256 e. The Morgan fingerprint density at radius 3 is 2.75 bits per heavy atom. The van der Waals surface area contributed by atoms with Gasteiger partial charge >= 0.3 is 0 Å². The number of carbonyl (C=O) groups is 1. The fourth-order valence-electron chi connectivity index (χ4n) is 1.93. The van der Waals surface area contributed by atoms with E-state index in [2.05, 4.69) is 11.8 Å². The molecule has 2 N–H and O–H groups in total. The second-order valence-electron chi connectivity index (χ2n) is 4.34. The minimum atomic E-state index is -0.872. The number of hydrogen-bond acceptors (Lipinski definition) is 3. The third-order valence-electron chi connectivity index (χ3n) is 3.00. The summed E-state index contributed by atoms with van der Waals surface area (Å²) in [4.78, 5) is 13.8. The summed E-state index contributed by atoms with van der Waals surface area (Å²) in [6, 6.07) is 4.18. The van der Waals surface area contributed by atoms with Crippen LogP contribution in [0.5, 0.6) is 0 Å². The number of amides is 1. The molecular weight excluding hydrogens is 279 g/mol. The van der Waals surface area contributed by atoms with E-state index in [4.69, 9.17) is 5.73 Å². The first-order chi connectivity index (χ1) is 9.61. The molecule has 1 aliphatic rings. The van der Waals surface area contributed by atoms with E-state index in [1.165, 1.54) is 23.1 Å². The third-order valence-corrected chi connectivity index (χ3v) is 4.27.